The molecule has 4 fully saturated rings. The molecule has 46 heavy (non-hydrogen) atoms. The quantitative estimate of drug-likeness (QED) is 0.160. The van der Waals surface area contributed by atoms with Crippen LogP contribution in [0, 0.1) is 56.7 Å². The molecule has 266 valence electrons. The van der Waals surface area contributed by atoms with E-state index in [0.29, 0.717) is 24.2 Å². The van der Waals surface area contributed by atoms with Crippen molar-refractivity contribution in [3.63, 3.8) is 0 Å². The zero-order valence-electron chi connectivity index (χ0n) is 31.5. The second kappa shape index (κ2) is 16.1. The molecule has 0 bridgehead atoms. The average Bonchev–Trinajstić information content (AvgIpc) is 3.05. The van der Waals surface area contributed by atoms with Gasteiger partial charge in [0.1, 0.15) is 12.4 Å². The maximum absolute atomic E-state index is 13.0. The third kappa shape index (κ3) is 7.95. The van der Waals surface area contributed by atoms with Crippen molar-refractivity contribution in [1.29, 1.82) is 0 Å². The maximum Gasteiger partial charge on any atom is 0.306 e. The van der Waals surface area contributed by atoms with E-state index >= 15 is 0 Å². The molecule has 1 N–H and O–H groups in total. The molecular weight excluding hydrogens is 576 g/mol. The number of carboxylic acid groups (broad SMARTS) is 1. The van der Waals surface area contributed by atoms with E-state index in [2.05, 4.69) is 52.9 Å². The average molecular weight is 647 g/mol. The van der Waals surface area contributed by atoms with Crippen LogP contribution < -0.4 is 0 Å². The number of carbonyl (C=O) groups is 3. The number of aldehydes is 1. The molecule has 0 saturated heterocycles. The molecule has 4 aliphatic carbocycles. The number of aliphatic carboxylic acids is 1. The molecule has 0 spiro atoms. The van der Waals surface area contributed by atoms with Crippen LogP contribution in [0.4, 0.5) is 0 Å². The Morgan fingerprint density at radius 3 is 2.07 bits per heavy atom. The van der Waals surface area contributed by atoms with Gasteiger partial charge in [0.15, 0.2) is 0 Å². The molecule has 4 aliphatic rings. The smallest absolute Gasteiger partial charge is 0.306 e. The normalized spacial score (nSPS) is 38.0. The highest BCUT2D eigenvalue weighted by Gasteiger charge is 2.67. The number of hydrogen-bond donors (Lipinski definition) is 1. The fourth-order valence-electron chi connectivity index (χ4n) is 11.4. The van der Waals surface area contributed by atoms with Gasteiger partial charge in [0.25, 0.3) is 0 Å². The van der Waals surface area contributed by atoms with Crippen molar-refractivity contribution in [1.82, 2.24) is 0 Å². The van der Waals surface area contributed by atoms with E-state index in [4.69, 9.17) is 4.74 Å². The predicted molar refractivity (Wildman–Crippen MR) is 187 cm³/mol. The zero-order chi connectivity index (χ0) is 35.1. The number of fused-ring (bicyclic) bond motifs is 5. The summed E-state index contributed by atoms with van der Waals surface area (Å²) in [5.74, 6) is 0.914. The Morgan fingerprint density at radius 2 is 1.52 bits per heavy atom. The topological polar surface area (TPSA) is 89.9 Å². The number of ether oxygens (including phenoxy) is 2. The fraction of sp³-hybridized carbons (Fsp3) is 0.875. The van der Waals surface area contributed by atoms with E-state index in [9.17, 15) is 19.5 Å². The lowest BCUT2D eigenvalue weighted by Crippen LogP contribution is -2.63. The molecule has 0 heterocycles. The first-order valence-electron chi connectivity index (χ1n) is 18.2. The minimum Gasteiger partial charge on any atom is -0.481 e. The summed E-state index contributed by atoms with van der Waals surface area (Å²) in [7, 11) is 3.25. The first-order chi connectivity index (χ1) is 21.4. The molecule has 6 heteroatoms. The van der Waals surface area contributed by atoms with Crippen LogP contribution in [0.5, 0.6) is 0 Å². The summed E-state index contributed by atoms with van der Waals surface area (Å²) in [6.07, 6.45) is 15.0. The molecule has 8 unspecified atom stereocenters. The van der Waals surface area contributed by atoms with Crippen LogP contribution >= 0.6 is 0 Å². The number of hydrogen-bond acceptors (Lipinski definition) is 5. The van der Waals surface area contributed by atoms with E-state index in [-0.39, 0.29) is 57.4 Å². The predicted octanol–water partition coefficient (Wildman–Crippen LogP) is 9.93. The Morgan fingerprint density at radius 1 is 0.935 bits per heavy atom. The SMILES string of the molecule is C=CC.CCCC1C(C(=O)O)CC[C@]2(C)C1CCCC1C3(C)CCC(OC(=O)CC(C)(C)CC=O)C(C)(C)C3CCC12C.COC. The molecule has 0 aromatic carbocycles. The summed E-state index contributed by atoms with van der Waals surface area (Å²) >= 11 is 0. The number of carbonyl (C=O) groups excluding carboxylic acids is 2. The molecule has 0 aromatic heterocycles. The van der Waals surface area contributed by atoms with E-state index in [1.807, 2.05) is 20.8 Å². The lowest BCUT2D eigenvalue weighted by Gasteiger charge is -2.68. The lowest BCUT2D eigenvalue weighted by atomic mass is 9.36. The summed E-state index contributed by atoms with van der Waals surface area (Å²) in [5, 5.41) is 10.2. The van der Waals surface area contributed by atoms with Gasteiger partial charge in [0, 0.05) is 26.1 Å². The molecule has 9 atom stereocenters. The van der Waals surface area contributed by atoms with E-state index in [0.717, 1.165) is 57.7 Å². The molecule has 0 radical (unpaired) electrons. The minimum atomic E-state index is -0.578. The van der Waals surface area contributed by atoms with Crippen molar-refractivity contribution >= 4 is 18.2 Å². The van der Waals surface area contributed by atoms with Crippen LogP contribution in [0.15, 0.2) is 12.7 Å². The fourth-order valence-corrected chi connectivity index (χ4v) is 11.4. The summed E-state index contributed by atoms with van der Waals surface area (Å²) in [5.41, 5.74) is 0.0361. The summed E-state index contributed by atoms with van der Waals surface area (Å²) < 4.78 is 10.5. The number of allylic oxidation sites excluding steroid dienone is 1. The van der Waals surface area contributed by atoms with Crippen LogP contribution in [0.1, 0.15) is 146 Å². The maximum atomic E-state index is 13.0. The van der Waals surface area contributed by atoms with E-state index in [1.165, 1.54) is 19.3 Å². The van der Waals surface area contributed by atoms with Gasteiger partial charge in [0.05, 0.1) is 12.3 Å². The third-order valence-electron chi connectivity index (χ3n) is 13.6. The number of rotatable bonds is 8. The molecular formula is C40H70O6. The Labute approximate surface area is 282 Å². The van der Waals surface area contributed by atoms with Crippen LogP contribution in [-0.4, -0.2) is 43.7 Å². The van der Waals surface area contributed by atoms with Crippen molar-refractivity contribution < 1.29 is 29.0 Å². The number of carboxylic acids is 1. The first kappa shape index (κ1) is 40.5. The van der Waals surface area contributed by atoms with Gasteiger partial charge >= 0.3 is 11.9 Å². The van der Waals surface area contributed by atoms with E-state index < -0.39 is 5.97 Å². The van der Waals surface area contributed by atoms with Gasteiger partial charge in [-0.25, -0.2) is 0 Å². The standard InChI is InChI=1S/C35H58O5.C3H6.C2H6O/c1-9-11-23-24(30(38)39)14-18-34(7)25(23)12-10-13-27-33(6)17-16-28(40-29(37)22-31(2,3)20-21-36)32(4,5)26(33)15-19-35(27,34)8;2*1-3-2/h21,23-28H,9-20,22H2,1-8H3,(H,38,39);3H,1H2,2H3;1-2H3/t23?,24?,25?,26?,27?,28?,33?,34-,35?;;/m1../s1. The van der Waals surface area contributed by atoms with Crippen molar-refractivity contribution in [3.8, 4) is 0 Å². The Balaban J connectivity index is 0.00000114. The van der Waals surface area contributed by atoms with Crippen molar-refractivity contribution in [2.45, 2.75) is 152 Å². The number of methoxy groups -OCH3 is 1. The van der Waals surface area contributed by atoms with Gasteiger partial charge in [0.2, 0.25) is 0 Å². The van der Waals surface area contributed by atoms with Gasteiger partial charge in [-0.1, -0.05) is 74.3 Å². The monoisotopic (exact) mass is 647 g/mol. The first-order valence-corrected chi connectivity index (χ1v) is 18.2. The van der Waals surface area contributed by atoms with Crippen LogP contribution in [-0.2, 0) is 23.9 Å². The van der Waals surface area contributed by atoms with Gasteiger partial charge in [-0.2, -0.15) is 0 Å². The Kier molecular flexibility index (Phi) is 14.2. The minimum absolute atomic E-state index is 0.0940. The molecule has 0 amide bonds. The largest absolute Gasteiger partial charge is 0.481 e. The van der Waals surface area contributed by atoms with Crippen molar-refractivity contribution in [2.75, 3.05) is 14.2 Å². The van der Waals surface area contributed by atoms with Crippen molar-refractivity contribution in [2.24, 2.45) is 56.7 Å². The lowest BCUT2D eigenvalue weighted by molar-refractivity contribution is -0.221. The van der Waals surface area contributed by atoms with E-state index in [1.54, 1.807) is 20.3 Å². The molecule has 6 nitrogen and oxygen atoms in total. The molecule has 4 rings (SSSR count). The van der Waals surface area contributed by atoms with Gasteiger partial charge < -0.3 is 19.4 Å². The highest BCUT2D eigenvalue weighted by atomic mass is 16.5. The van der Waals surface area contributed by atoms with Gasteiger partial charge in [-0.15, -0.1) is 6.58 Å². The third-order valence-corrected chi connectivity index (χ3v) is 13.6. The second-order valence-corrected chi connectivity index (χ2v) is 17.3. The summed E-state index contributed by atoms with van der Waals surface area (Å²) in [6, 6.07) is 0. The Bertz CT molecular complexity index is 1030. The summed E-state index contributed by atoms with van der Waals surface area (Å²) in [6.45, 7) is 23.8. The van der Waals surface area contributed by atoms with Crippen molar-refractivity contribution in [3.05, 3.63) is 12.7 Å². The molecule has 0 aliphatic heterocycles. The second-order valence-electron chi connectivity index (χ2n) is 17.3. The zero-order valence-corrected chi connectivity index (χ0v) is 31.5. The van der Waals surface area contributed by atoms with Crippen LogP contribution in [0.25, 0.3) is 0 Å². The highest BCUT2D eigenvalue weighted by Crippen LogP contribution is 2.74. The van der Waals surface area contributed by atoms with Gasteiger partial charge in [-0.3, -0.25) is 9.59 Å². The van der Waals surface area contributed by atoms with Crippen LogP contribution in [0.2, 0.25) is 0 Å². The molecule has 0 aromatic rings. The van der Waals surface area contributed by atoms with Crippen LogP contribution in [0.3, 0.4) is 0 Å². The summed E-state index contributed by atoms with van der Waals surface area (Å²) in [4.78, 5) is 36.5. The Hall–Kier alpha value is -1.69. The molecule has 4 saturated carbocycles. The highest BCUT2D eigenvalue weighted by molar-refractivity contribution is 5.71. The van der Waals surface area contributed by atoms with Gasteiger partial charge in [-0.05, 0) is 110 Å². The number of esters is 1.